The Morgan fingerprint density at radius 1 is 1.14 bits per heavy atom. The van der Waals surface area contributed by atoms with Crippen molar-refractivity contribution >= 4 is 39.1 Å². The number of fused-ring (bicyclic) bond motifs is 1. The van der Waals surface area contributed by atoms with E-state index in [0.717, 1.165) is 10.6 Å². The normalized spacial score (nSPS) is 11.0. The van der Waals surface area contributed by atoms with Gasteiger partial charge in [0.2, 0.25) is 0 Å². The highest BCUT2D eigenvalue weighted by molar-refractivity contribution is 7.99. The number of nitrogens with zero attached hydrogens (tertiary/aromatic N) is 2. The molecule has 0 N–H and O–H groups in total. The van der Waals surface area contributed by atoms with Crippen LogP contribution in [0.5, 0.6) is 5.75 Å². The molecule has 7 heteroatoms. The first-order chi connectivity index (χ1) is 14.1. The van der Waals surface area contributed by atoms with Gasteiger partial charge >= 0.3 is 0 Å². The molecule has 0 saturated heterocycles. The molecule has 0 bridgehead atoms. The topological polar surface area (TPSA) is 61.2 Å². The number of aromatic nitrogens is 2. The molecular formula is C22H18N2O3S2. The Labute approximate surface area is 176 Å². The number of thioether (sulfide) groups is 1. The number of hydrogen-bond donors (Lipinski definition) is 0. The zero-order chi connectivity index (χ0) is 20.4. The van der Waals surface area contributed by atoms with Crippen LogP contribution in [0.3, 0.4) is 0 Å². The number of ether oxygens (including phenoxy) is 1. The summed E-state index contributed by atoms with van der Waals surface area (Å²) in [6.07, 6.45) is 0. The fourth-order valence-corrected chi connectivity index (χ4v) is 4.82. The lowest BCUT2D eigenvalue weighted by Gasteiger charge is -2.12. The Balaban J connectivity index is 1.72. The number of rotatable bonds is 6. The lowest BCUT2D eigenvalue weighted by molar-refractivity contribution is 0.102. The molecular weight excluding hydrogens is 404 g/mol. The van der Waals surface area contributed by atoms with Crippen molar-refractivity contribution in [2.45, 2.75) is 12.1 Å². The number of para-hydroxylation sites is 1. The lowest BCUT2D eigenvalue weighted by atomic mass is 10.1. The van der Waals surface area contributed by atoms with Crippen molar-refractivity contribution in [3.05, 3.63) is 81.5 Å². The quantitative estimate of drug-likeness (QED) is 0.255. The summed E-state index contributed by atoms with van der Waals surface area (Å²) in [6, 6.07) is 18.3. The molecule has 0 saturated carbocycles. The van der Waals surface area contributed by atoms with Crippen LogP contribution >= 0.6 is 23.1 Å². The number of carbonyl (C=O) groups excluding carboxylic acids is 1. The predicted octanol–water partition coefficient (Wildman–Crippen LogP) is 4.74. The van der Waals surface area contributed by atoms with Gasteiger partial charge in [0, 0.05) is 10.4 Å². The average molecular weight is 423 g/mol. The molecule has 0 aliphatic rings. The number of aryl methyl sites for hydroxylation is 1. The van der Waals surface area contributed by atoms with E-state index >= 15 is 0 Å². The van der Waals surface area contributed by atoms with Crippen LogP contribution in [0.4, 0.5) is 0 Å². The number of ketones is 1. The second kappa shape index (κ2) is 8.23. The Morgan fingerprint density at radius 2 is 1.93 bits per heavy atom. The van der Waals surface area contributed by atoms with Gasteiger partial charge in [0.1, 0.15) is 10.6 Å². The van der Waals surface area contributed by atoms with Crippen LogP contribution in [0.15, 0.2) is 70.6 Å². The number of thiophene rings is 1. The number of benzene rings is 2. The van der Waals surface area contributed by atoms with Gasteiger partial charge in [-0.05, 0) is 37.3 Å². The standard InChI is InChI=1S/C22H18N2O3S2/c1-14-11-18-20(29-14)23-22(24(21(18)26)16-8-4-3-5-9-16)28-13-19(25)15-7-6-10-17(12-15)27-2/h3-12H,13H2,1-2H3. The molecule has 5 nitrogen and oxygen atoms in total. The lowest BCUT2D eigenvalue weighted by Crippen LogP contribution is -2.21. The van der Waals surface area contributed by atoms with Crippen LogP contribution in [0.25, 0.3) is 15.9 Å². The van der Waals surface area contributed by atoms with E-state index in [1.807, 2.05) is 43.3 Å². The van der Waals surface area contributed by atoms with E-state index in [1.165, 1.54) is 23.1 Å². The summed E-state index contributed by atoms with van der Waals surface area (Å²) in [7, 11) is 1.57. The molecule has 0 atom stereocenters. The molecule has 0 amide bonds. The minimum atomic E-state index is -0.123. The van der Waals surface area contributed by atoms with Crippen molar-refractivity contribution in [1.82, 2.24) is 9.55 Å². The first kappa shape index (κ1) is 19.4. The van der Waals surface area contributed by atoms with Gasteiger partial charge in [-0.3, -0.25) is 14.2 Å². The summed E-state index contributed by atoms with van der Waals surface area (Å²) in [6.45, 7) is 1.96. The van der Waals surface area contributed by atoms with Crippen LogP contribution in [0.1, 0.15) is 15.2 Å². The van der Waals surface area contributed by atoms with Crippen molar-refractivity contribution in [2.24, 2.45) is 0 Å². The van der Waals surface area contributed by atoms with Gasteiger partial charge in [-0.25, -0.2) is 4.98 Å². The van der Waals surface area contributed by atoms with E-state index < -0.39 is 0 Å². The second-order valence-corrected chi connectivity index (χ2v) is 8.57. The summed E-state index contributed by atoms with van der Waals surface area (Å²) < 4.78 is 6.78. The van der Waals surface area contributed by atoms with Crippen molar-refractivity contribution in [2.75, 3.05) is 12.9 Å². The zero-order valence-corrected chi connectivity index (χ0v) is 17.5. The fourth-order valence-electron chi connectivity index (χ4n) is 2.99. The van der Waals surface area contributed by atoms with Gasteiger partial charge in [0.25, 0.3) is 5.56 Å². The Kier molecular flexibility index (Phi) is 5.51. The first-order valence-electron chi connectivity index (χ1n) is 8.95. The van der Waals surface area contributed by atoms with Crippen molar-refractivity contribution in [3.8, 4) is 11.4 Å². The van der Waals surface area contributed by atoms with Gasteiger partial charge in [-0.1, -0.05) is 42.1 Å². The monoisotopic (exact) mass is 422 g/mol. The van der Waals surface area contributed by atoms with E-state index in [0.29, 0.717) is 26.7 Å². The number of methoxy groups -OCH3 is 1. The highest BCUT2D eigenvalue weighted by Gasteiger charge is 2.17. The maximum absolute atomic E-state index is 13.2. The van der Waals surface area contributed by atoms with Crippen molar-refractivity contribution < 1.29 is 9.53 Å². The molecule has 2 aromatic heterocycles. The summed E-state index contributed by atoms with van der Waals surface area (Å²) >= 11 is 2.75. The Hall–Kier alpha value is -2.90. The van der Waals surface area contributed by atoms with Crippen LogP contribution < -0.4 is 10.3 Å². The fraction of sp³-hybridized carbons (Fsp3) is 0.136. The Bertz CT molecular complexity index is 1250. The van der Waals surface area contributed by atoms with Crippen LogP contribution in [-0.4, -0.2) is 28.2 Å². The summed E-state index contributed by atoms with van der Waals surface area (Å²) in [5, 5.41) is 1.10. The van der Waals surface area contributed by atoms with Gasteiger partial charge in [-0.15, -0.1) is 11.3 Å². The van der Waals surface area contributed by atoms with Gasteiger partial charge < -0.3 is 4.74 Å². The van der Waals surface area contributed by atoms with E-state index in [9.17, 15) is 9.59 Å². The highest BCUT2D eigenvalue weighted by atomic mass is 32.2. The molecule has 146 valence electrons. The highest BCUT2D eigenvalue weighted by Crippen LogP contribution is 2.26. The van der Waals surface area contributed by atoms with Gasteiger partial charge in [0.05, 0.1) is 23.9 Å². The molecule has 0 radical (unpaired) electrons. The number of carbonyl (C=O) groups is 1. The molecule has 0 fully saturated rings. The minimum absolute atomic E-state index is 0.0507. The van der Waals surface area contributed by atoms with Crippen molar-refractivity contribution in [1.29, 1.82) is 0 Å². The Morgan fingerprint density at radius 3 is 2.69 bits per heavy atom. The summed E-state index contributed by atoms with van der Waals surface area (Å²) in [5.41, 5.74) is 1.17. The van der Waals surface area contributed by atoms with Crippen LogP contribution in [0, 0.1) is 6.92 Å². The van der Waals surface area contributed by atoms with Gasteiger partial charge in [-0.2, -0.15) is 0 Å². The molecule has 0 aliphatic heterocycles. The third-order valence-electron chi connectivity index (χ3n) is 4.40. The van der Waals surface area contributed by atoms with E-state index in [1.54, 1.807) is 35.9 Å². The summed E-state index contributed by atoms with van der Waals surface area (Å²) in [5.74, 6) is 0.753. The maximum atomic E-state index is 13.2. The molecule has 4 aromatic rings. The molecule has 2 aromatic carbocycles. The zero-order valence-electron chi connectivity index (χ0n) is 15.9. The molecule has 4 rings (SSSR count). The largest absolute Gasteiger partial charge is 0.497 e. The SMILES string of the molecule is COc1cccc(C(=O)CSc2nc3sc(C)cc3c(=O)n2-c2ccccc2)c1. The van der Waals surface area contributed by atoms with Gasteiger partial charge in [0.15, 0.2) is 10.9 Å². The maximum Gasteiger partial charge on any atom is 0.267 e. The molecule has 0 aliphatic carbocycles. The van der Waals surface area contributed by atoms with E-state index in [-0.39, 0.29) is 17.1 Å². The summed E-state index contributed by atoms with van der Waals surface area (Å²) in [4.78, 5) is 32.3. The van der Waals surface area contributed by atoms with E-state index in [2.05, 4.69) is 0 Å². The molecule has 2 heterocycles. The second-order valence-electron chi connectivity index (χ2n) is 6.39. The number of Topliss-reactive ketones (excluding diaryl/α,β-unsaturated/α-hetero) is 1. The molecule has 0 unspecified atom stereocenters. The smallest absolute Gasteiger partial charge is 0.267 e. The molecule has 29 heavy (non-hydrogen) atoms. The average Bonchev–Trinajstić information content (AvgIpc) is 3.13. The third-order valence-corrected chi connectivity index (χ3v) is 6.28. The van der Waals surface area contributed by atoms with Crippen molar-refractivity contribution in [3.63, 3.8) is 0 Å². The third kappa shape index (κ3) is 3.97. The minimum Gasteiger partial charge on any atom is -0.497 e. The predicted molar refractivity (Wildman–Crippen MR) is 118 cm³/mol. The molecule has 0 spiro atoms. The first-order valence-corrected chi connectivity index (χ1v) is 10.8. The van der Waals surface area contributed by atoms with Crippen LogP contribution in [0.2, 0.25) is 0 Å². The number of hydrogen-bond acceptors (Lipinski definition) is 6. The van der Waals surface area contributed by atoms with E-state index in [4.69, 9.17) is 9.72 Å². The van der Waals surface area contributed by atoms with Crippen LogP contribution in [-0.2, 0) is 0 Å².